The van der Waals surface area contributed by atoms with E-state index in [2.05, 4.69) is 19.9 Å². The van der Waals surface area contributed by atoms with Crippen molar-refractivity contribution in [3.63, 3.8) is 0 Å². The van der Waals surface area contributed by atoms with Gasteiger partial charge in [-0.05, 0) is 26.0 Å². The van der Waals surface area contributed by atoms with Crippen molar-refractivity contribution in [1.82, 2.24) is 15.0 Å². The van der Waals surface area contributed by atoms with E-state index in [-0.39, 0.29) is 27.8 Å². The zero-order chi connectivity index (χ0) is 19.2. The number of fused-ring (bicyclic) bond motifs is 1. The second kappa shape index (κ2) is 6.50. The van der Waals surface area contributed by atoms with Gasteiger partial charge >= 0.3 is 0 Å². The Bertz CT molecular complexity index is 1070. The molecular weight excluding hydrogens is 366 g/mol. The molecule has 1 fully saturated rings. The first-order valence-corrected chi connectivity index (χ1v) is 10.2. The monoisotopic (exact) mass is 387 g/mol. The van der Waals surface area contributed by atoms with Gasteiger partial charge in [-0.15, -0.1) is 0 Å². The number of aromatic nitrogens is 3. The Hall–Kier alpha value is -2.65. The number of morpholine rings is 1. The molecule has 0 spiro atoms. The van der Waals surface area contributed by atoms with Crippen LogP contribution in [0, 0.1) is 0 Å². The number of nitrogen functional groups attached to an aromatic ring is 1. The summed E-state index contributed by atoms with van der Waals surface area (Å²) in [6, 6.07) is 8.20. The molecule has 0 bridgehead atoms. The predicted molar refractivity (Wildman–Crippen MR) is 102 cm³/mol. The van der Waals surface area contributed by atoms with Crippen molar-refractivity contribution in [1.29, 1.82) is 0 Å². The van der Waals surface area contributed by atoms with Gasteiger partial charge in [0.25, 0.3) is 0 Å². The minimum Gasteiger partial charge on any atom is -0.384 e. The van der Waals surface area contributed by atoms with Gasteiger partial charge in [-0.3, -0.25) is 0 Å². The molecule has 27 heavy (non-hydrogen) atoms. The number of nitrogens with one attached hydrogen (secondary N) is 1. The molecule has 0 unspecified atom stereocenters. The van der Waals surface area contributed by atoms with Crippen molar-refractivity contribution in [3.05, 3.63) is 36.7 Å². The van der Waals surface area contributed by atoms with Gasteiger partial charge in [0.1, 0.15) is 28.1 Å². The summed E-state index contributed by atoms with van der Waals surface area (Å²) in [4.78, 5) is 13.8. The van der Waals surface area contributed by atoms with E-state index in [0.29, 0.717) is 29.9 Å². The Labute approximate surface area is 157 Å². The van der Waals surface area contributed by atoms with Crippen molar-refractivity contribution in [3.8, 4) is 0 Å². The van der Waals surface area contributed by atoms with Crippen molar-refractivity contribution in [2.24, 2.45) is 0 Å². The van der Waals surface area contributed by atoms with E-state index in [1.165, 1.54) is 6.33 Å². The minimum atomic E-state index is -3.81. The van der Waals surface area contributed by atoms with E-state index in [0.717, 1.165) is 0 Å². The van der Waals surface area contributed by atoms with Gasteiger partial charge in [0, 0.05) is 13.1 Å². The number of hydrogen-bond donors (Lipinski definition) is 2. The molecule has 2 aromatic heterocycles. The molecule has 3 heterocycles. The maximum Gasteiger partial charge on any atom is 0.212 e. The fourth-order valence-electron chi connectivity index (χ4n) is 3.56. The van der Waals surface area contributed by atoms with Gasteiger partial charge in [-0.1, -0.05) is 18.2 Å². The lowest BCUT2D eigenvalue weighted by molar-refractivity contribution is -0.00538. The van der Waals surface area contributed by atoms with Crippen molar-refractivity contribution in [2.45, 2.75) is 35.8 Å². The first kappa shape index (κ1) is 17.7. The van der Waals surface area contributed by atoms with Crippen LogP contribution >= 0.6 is 0 Å². The molecule has 0 saturated carbocycles. The van der Waals surface area contributed by atoms with E-state index < -0.39 is 9.84 Å². The SMILES string of the molecule is C[C@@H]1CN(c2ncnc3c(S(=O)(=O)c4ccccc4)c(N)[nH]c23)C[C@H](C)O1. The molecule has 9 heteroatoms. The maximum atomic E-state index is 13.1. The first-order valence-electron chi connectivity index (χ1n) is 8.70. The molecule has 1 aliphatic heterocycles. The summed E-state index contributed by atoms with van der Waals surface area (Å²) in [5, 5.41) is 0. The number of H-pyrrole nitrogens is 1. The van der Waals surface area contributed by atoms with Gasteiger partial charge < -0.3 is 20.4 Å². The Morgan fingerprint density at radius 2 is 1.81 bits per heavy atom. The highest BCUT2D eigenvalue weighted by atomic mass is 32.2. The number of sulfone groups is 1. The van der Waals surface area contributed by atoms with Gasteiger partial charge in [0.2, 0.25) is 9.84 Å². The predicted octanol–water partition coefficient (Wildman–Crippen LogP) is 1.99. The van der Waals surface area contributed by atoms with E-state index in [1.807, 2.05) is 13.8 Å². The molecule has 2 atom stereocenters. The van der Waals surface area contributed by atoms with Gasteiger partial charge in [-0.2, -0.15) is 0 Å². The number of aromatic amines is 1. The van der Waals surface area contributed by atoms with Crippen LogP contribution in [0.25, 0.3) is 11.0 Å². The van der Waals surface area contributed by atoms with Crippen molar-refractivity contribution in [2.75, 3.05) is 23.7 Å². The summed E-state index contributed by atoms with van der Waals surface area (Å²) in [6.45, 7) is 5.29. The number of benzene rings is 1. The lowest BCUT2D eigenvalue weighted by Gasteiger charge is -2.36. The summed E-state index contributed by atoms with van der Waals surface area (Å²) in [5.74, 6) is 0.688. The molecule has 1 saturated heterocycles. The topological polar surface area (TPSA) is 114 Å². The molecule has 0 aliphatic carbocycles. The molecule has 8 nitrogen and oxygen atoms in total. The Morgan fingerprint density at radius 3 is 2.48 bits per heavy atom. The van der Waals surface area contributed by atoms with Gasteiger partial charge in [0.05, 0.1) is 17.1 Å². The summed E-state index contributed by atoms with van der Waals surface area (Å²) < 4.78 is 32.0. The third kappa shape index (κ3) is 3.02. The van der Waals surface area contributed by atoms with Crippen LogP contribution in [0.3, 0.4) is 0 Å². The number of ether oxygens (including phenoxy) is 1. The number of rotatable bonds is 3. The van der Waals surface area contributed by atoms with E-state index >= 15 is 0 Å². The molecule has 1 aliphatic rings. The number of nitrogens with zero attached hydrogens (tertiary/aromatic N) is 3. The molecule has 3 N–H and O–H groups in total. The average Bonchev–Trinajstić information content (AvgIpc) is 2.98. The molecule has 142 valence electrons. The maximum absolute atomic E-state index is 13.1. The molecule has 4 rings (SSSR count). The van der Waals surface area contributed by atoms with E-state index in [4.69, 9.17) is 10.5 Å². The standard InChI is InChI=1S/C18H21N5O3S/c1-11-8-23(9-12(2)26-11)18-15-14(20-10-21-18)16(17(19)22-15)27(24,25)13-6-4-3-5-7-13/h3-7,10-12,22H,8-9,19H2,1-2H3/t11-,12+. The highest BCUT2D eigenvalue weighted by molar-refractivity contribution is 7.92. The minimum absolute atomic E-state index is 0.0123. The van der Waals surface area contributed by atoms with E-state index in [1.54, 1.807) is 30.3 Å². The van der Waals surface area contributed by atoms with Gasteiger partial charge in [0.15, 0.2) is 5.82 Å². The second-order valence-electron chi connectivity index (χ2n) is 6.77. The van der Waals surface area contributed by atoms with Gasteiger partial charge in [-0.25, -0.2) is 18.4 Å². The summed E-state index contributed by atoms with van der Waals surface area (Å²) >= 11 is 0. The van der Waals surface area contributed by atoms with Crippen LogP contribution in [0.15, 0.2) is 46.5 Å². The van der Waals surface area contributed by atoms with Crippen LogP contribution in [0.1, 0.15) is 13.8 Å². The normalized spacial score (nSPS) is 20.9. The fourth-order valence-corrected chi connectivity index (χ4v) is 5.06. The lowest BCUT2D eigenvalue weighted by Crippen LogP contribution is -2.46. The third-order valence-corrected chi connectivity index (χ3v) is 6.43. The lowest BCUT2D eigenvalue weighted by atomic mass is 10.2. The molecule has 0 amide bonds. The number of nitrogens with two attached hydrogens (primary N) is 1. The van der Waals surface area contributed by atoms with Crippen LogP contribution < -0.4 is 10.6 Å². The average molecular weight is 387 g/mol. The van der Waals surface area contributed by atoms with Crippen LogP contribution in [-0.4, -0.2) is 48.7 Å². The zero-order valence-corrected chi connectivity index (χ0v) is 15.9. The fraction of sp³-hybridized carbons (Fsp3) is 0.333. The Balaban J connectivity index is 1.87. The summed E-state index contributed by atoms with van der Waals surface area (Å²) in [5.41, 5.74) is 6.90. The Morgan fingerprint density at radius 1 is 1.15 bits per heavy atom. The first-order chi connectivity index (χ1) is 12.9. The summed E-state index contributed by atoms with van der Waals surface area (Å²) in [7, 11) is -3.81. The Kier molecular flexibility index (Phi) is 4.27. The largest absolute Gasteiger partial charge is 0.384 e. The van der Waals surface area contributed by atoms with Crippen LogP contribution in [0.4, 0.5) is 11.6 Å². The third-order valence-electron chi connectivity index (χ3n) is 4.59. The molecule has 0 radical (unpaired) electrons. The highest BCUT2D eigenvalue weighted by Gasteiger charge is 2.30. The highest BCUT2D eigenvalue weighted by Crippen LogP contribution is 2.35. The van der Waals surface area contributed by atoms with E-state index in [9.17, 15) is 8.42 Å². The molecule has 1 aromatic carbocycles. The van der Waals surface area contributed by atoms with Crippen LogP contribution in [-0.2, 0) is 14.6 Å². The van der Waals surface area contributed by atoms with Crippen molar-refractivity contribution < 1.29 is 13.2 Å². The number of hydrogen-bond acceptors (Lipinski definition) is 7. The second-order valence-corrected chi connectivity index (χ2v) is 8.65. The quantitative estimate of drug-likeness (QED) is 0.706. The smallest absolute Gasteiger partial charge is 0.212 e. The summed E-state index contributed by atoms with van der Waals surface area (Å²) in [6.07, 6.45) is 1.46. The molecule has 3 aromatic rings. The number of anilines is 2. The molecular formula is C18H21N5O3S. The van der Waals surface area contributed by atoms with Crippen molar-refractivity contribution >= 4 is 32.5 Å². The van der Waals surface area contributed by atoms with Crippen LogP contribution in [0.2, 0.25) is 0 Å². The zero-order valence-electron chi connectivity index (χ0n) is 15.1. The van der Waals surface area contributed by atoms with Crippen LogP contribution in [0.5, 0.6) is 0 Å².